The zero-order valence-electron chi connectivity index (χ0n) is 21.3. The standard InChI is InChI=1S/C28H43NO5/c1-4-7-8-9-10-11-12-13-14-15-16-19-22-29-24-21-18-17-20-23(24)26(30)25(27(31)33-5-2)28(32)34-6-3/h14-15,17-18,20-21,25,29H,4-13,16,19,22H2,1-3H3. The Morgan fingerprint density at radius 3 is 1.97 bits per heavy atom. The highest BCUT2D eigenvalue weighted by Crippen LogP contribution is 2.21. The second kappa shape index (κ2) is 18.8. The summed E-state index contributed by atoms with van der Waals surface area (Å²) < 4.78 is 9.90. The molecule has 1 N–H and O–H groups in total. The van der Waals surface area contributed by atoms with E-state index in [1.165, 1.54) is 44.9 Å². The summed E-state index contributed by atoms with van der Waals surface area (Å²) in [5.74, 6) is -3.99. The average molecular weight is 474 g/mol. The Morgan fingerprint density at radius 2 is 1.35 bits per heavy atom. The number of esters is 2. The van der Waals surface area contributed by atoms with E-state index in [9.17, 15) is 14.4 Å². The Hall–Kier alpha value is -2.63. The number of carbonyl (C=O) groups is 3. The molecular formula is C28H43NO5. The Bertz CT molecular complexity index is 741. The molecule has 0 heterocycles. The number of nitrogens with one attached hydrogen (secondary N) is 1. The van der Waals surface area contributed by atoms with Gasteiger partial charge in [0, 0.05) is 17.8 Å². The van der Waals surface area contributed by atoms with Crippen molar-refractivity contribution in [1.82, 2.24) is 0 Å². The Kier molecular flexibility index (Phi) is 16.2. The highest BCUT2D eigenvalue weighted by molar-refractivity contribution is 6.22. The van der Waals surface area contributed by atoms with Crippen molar-refractivity contribution in [2.24, 2.45) is 5.92 Å². The summed E-state index contributed by atoms with van der Waals surface area (Å²) in [6.07, 6.45) is 16.7. The van der Waals surface area contributed by atoms with Crippen molar-refractivity contribution in [2.75, 3.05) is 25.1 Å². The van der Waals surface area contributed by atoms with E-state index in [0.717, 1.165) is 19.3 Å². The molecule has 0 aliphatic carbocycles. The number of hydrogen-bond donors (Lipinski definition) is 1. The topological polar surface area (TPSA) is 81.7 Å². The largest absolute Gasteiger partial charge is 0.465 e. The molecule has 0 saturated carbocycles. The molecule has 0 amide bonds. The van der Waals surface area contributed by atoms with Crippen LogP contribution in [0.2, 0.25) is 0 Å². The first kappa shape index (κ1) is 29.4. The van der Waals surface area contributed by atoms with Crippen LogP contribution in [0.1, 0.15) is 95.3 Å². The van der Waals surface area contributed by atoms with Gasteiger partial charge < -0.3 is 14.8 Å². The molecule has 0 aliphatic rings. The van der Waals surface area contributed by atoms with Crippen LogP contribution >= 0.6 is 0 Å². The highest BCUT2D eigenvalue weighted by Gasteiger charge is 2.38. The number of anilines is 1. The number of ether oxygens (including phenoxy) is 2. The van der Waals surface area contributed by atoms with Gasteiger partial charge >= 0.3 is 11.9 Å². The van der Waals surface area contributed by atoms with Gasteiger partial charge in [-0.2, -0.15) is 0 Å². The molecule has 0 unspecified atom stereocenters. The molecule has 34 heavy (non-hydrogen) atoms. The fourth-order valence-corrected chi connectivity index (χ4v) is 3.67. The first-order valence-electron chi connectivity index (χ1n) is 12.9. The molecule has 1 aromatic carbocycles. The lowest BCUT2D eigenvalue weighted by atomic mass is 9.96. The quantitative estimate of drug-likeness (QED) is 0.0812. The molecule has 190 valence electrons. The molecule has 0 bridgehead atoms. The molecule has 0 atom stereocenters. The van der Waals surface area contributed by atoms with Crippen molar-refractivity contribution in [2.45, 2.75) is 85.0 Å². The monoisotopic (exact) mass is 473 g/mol. The number of Topliss-reactive ketones (excluding diaryl/α,β-unsaturated/α-hetero) is 1. The van der Waals surface area contributed by atoms with Gasteiger partial charge in [-0.05, 0) is 51.7 Å². The van der Waals surface area contributed by atoms with Crippen LogP contribution in [0, 0.1) is 5.92 Å². The van der Waals surface area contributed by atoms with Crippen LogP contribution < -0.4 is 5.32 Å². The lowest BCUT2D eigenvalue weighted by molar-refractivity contribution is -0.158. The maximum atomic E-state index is 13.1. The van der Waals surface area contributed by atoms with Crippen LogP contribution in [0.5, 0.6) is 0 Å². The van der Waals surface area contributed by atoms with Gasteiger partial charge in [0.25, 0.3) is 0 Å². The maximum absolute atomic E-state index is 13.1. The van der Waals surface area contributed by atoms with Crippen molar-refractivity contribution in [3.05, 3.63) is 42.0 Å². The van der Waals surface area contributed by atoms with Gasteiger partial charge in [0.2, 0.25) is 5.92 Å². The van der Waals surface area contributed by atoms with Crippen molar-refractivity contribution >= 4 is 23.4 Å². The van der Waals surface area contributed by atoms with Crippen LogP contribution in [-0.2, 0) is 19.1 Å². The summed E-state index contributed by atoms with van der Waals surface area (Å²) in [6, 6.07) is 6.90. The molecule has 0 aliphatic heterocycles. The van der Waals surface area contributed by atoms with E-state index in [0.29, 0.717) is 12.2 Å². The molecule has 1 rings (SSSR count). The van der Waals surface area contributed by atoms with Gasteiger partial charge in [0.15, 0.2) is 5.78 Å². The molecule has 6 nitrogen and oxygen atoms in total. The van der Waals surface area contributed by atoms with Crippen LogP contribution in [0.4, 0.5) is 5.69 Å². The lowest BCUT2D eigenvalue weighted by Crippen LogP contribution is -2.35. The van der Waals surface area contributed by atoms with E-state index < -0.39 is 23.6 Å². The zero-order chi connectivity index (χ0) is 25.0. The summed E-state index contributed by atoms with van der Waals surface area (Å²) in [7, 11) is 0. The summed E-state index contributed by atoms with van der Waals surface area (Å²) in [5, 5.41) is 3.27. The Labute approximate surface area is 205 Å². The third-order valence-electron chi connectivity index (χ3n) is 5.50. The molecule has 0 saturated heterocycles. The molecule has 1 aromatic rings. The number of hydrogen-bond acceptors (Lipinski definition) is 6. The number of unbranched alkanes of at least 4 members (excludes halogenated alkanes) is 8. The van der Waals surface area contributed by atoms with Gasteiger partial charge in [-0.3, -0.25) is 14.4 Å². The molecule has 6 heteroatoms. The Balaban J connectivity index is 2.50. The van der Waals surface area contributed by atoms with E-state index in [-0.39, 0.29) is 18.8 Å². The van der Waals surface area contributed by atoms with Gasteiger partial charge in [0.1, 0.15) is 0 Å². The van der Waals surface area contributed by atoms with Crippen LogP contribution in [0.25, 0.3) is 0 Å². The first-order valence-corrected chi connectivity index (χ1v) is 12.9. The zero-order valence-corrected chi connectivity index (χ0v) is 21.3. The minimum Gasteiger partial charge on any atom is -0.465 e. The predicted molar refractivity (Wildman–Crippen MR) is 137 cm³/mol. The summed E-state index contributed by atoms with van der Waals surface area (Å²) >= 11 is 0. The molecule has 0 spiro atoms. The smallest absolute Gasteiger partial charge is 0.328 e. The third-order valence-corrected chi connectivity index (χ3v) is 5.50. The number of carbonyl (C=O) groups excluding carboxylic acids is 3. The number of para-hydroxylation sites is 1. The van der Waals surface area contributed by atoms with E-state index >= 15 is 0 Å². The van der Waals surface area contributed by atoms with E-state index in [1.54, 1.807) is 32.0 Å². The minimum atomic E-state index is -1.61. The lowest BCUT2D eigenvalue weighted by Gasteiger charge is -2.16. The molecule has 0 aromatic heterocycles. The third kappa shape index (κ3) is 11.5. The van der Waals surface area contributed by atoms with Gasteiger partial charge in [0.05, 0.1) is 13.2 Å². The number of ketones is 1. The Morgan fingerprint density at radius 1 is 0.794 bits per heavy atom. The number of rotatable bonds is 19. The second-order valence-electron chi connectivity index (χ2n) is 8.30. The van der Waals surface area contributed by atoms with Crippen molar-refractivity contribution in [1.29, 1.82) is 0 Å². The fraction of sp³-hybridized carbons (Fsp3) is 0.607. The van der Waals surface area contributed by atoms with Crippen LogP contribution in [-0.4, -0.2) is 37.5 Å². The second-order valence-corrected chi connectivity index (χ2v) is 8.30. The van der Waals surface area contributed by atoms with E-state index in [4.69, 9.17) is 9.47 Å². The summed E-state index contributed by atoms with van der Waals surface area (Å²) in [5.41, 5.74) is 0.876. The molecule has 0 fully saturated rings. The van der Waals surface area contributed by atoms with Crippen molar-refractivity contribution < 1.29 is 23.9 Å². The van der Waals surface area contributed by atoms with Gasteiger partial charge in [-0.25, -0.2) is 0 Å². The SMILES string of the molecule is CCCCCCCCCC=CCCCNc1ccccc1C(=O)C(C(=O)OCC)C(=O)OCC. The van der Waals surface area contributed by atoms with Crippen LogP contribution in [0.15, 0.2) is 36.4 Å². The maximum Gasteiger partial charge on any atom is 0.328 e. The predicted octanol–water partition coefficient (Wildman–Crippen LogP) is 6.50. The summed E-state index contributed by atoms with van der Waals surface area (Å²) in [6.45, 7) is 6.33. The van der Waals surface area contributed by atoms with Crippen molar-refractivity contribution in [3.8, 4) is 0 Å². The first-order chi connectivity index (χ1) is 16.6. The van der Waals surface area contributed by atoms with Crippen molar-refractivity contribution in [3.63, 3.8) is 0 Å². The summed E-state index contributed by atoms with van der Waals surface area (Å²) in [4.78, 5) is 37.7. The fourth-order valence-electron chi connectivity index (χ4n) is 3.67. The number of benzene rings is 1. The normalized spacial score (nSPS) is 11.1. The van der Waals surface area contributed by atoms with E-state index in [2.05, 4.69) is 24.4 Å². The average Bonchev–Trinajstić information content (AvgIpc) is 2.82. The highest BCUT2D eigenvalue weighted by atomic mass is 16.6. The molecule has 0 radical (unpaired) electrons. The van der Waals surface area contributed by atoms with Gasteiger partial charge in [-0.15, -0.1) is 0 Å². The molecular weight excluding hydrogens is 430 g/mol. The minimum absolute atomic E-state index is 0.0778. The number of allylic oxidation sites excluding steroid dienone is 2. The van der Waals surface area contributed by atoms with E-state index in [1.807, 2.05) is 6.07 Å². The van der Waals surface area contributed by atoms with Gasteiger partial charge in [-0.1, -0.05) is 69.7 Å². The van der Waals surface area contributed by atoms with Crippen LogP contribution in [0.3, 0.4) is 0 Å².